The van der Waals surface area contributed by atoms with E-state index in [2.05, 4.69) is 20.1 Å². The number of nitrogen functional groups attached to an aromatic ring is 1. The van der Waals surface area contributed by atoms with Crippen molar-refractivity contribution in [2.75, 3.05) is 49.9 Å². The molecule has 0 radical (unpaired) electrons. The van der Waals surface area contributed by atoms with Crippen molar-refractivity contribution >= 4 is 23.6 Å². The van der Waals surface area contributed by atoms with Gasteiger partial charge in [-0.25, -0.2) is 0 Å². The first-order valence-electron chi connectivity index (χ1n) is 10.6. The van der Waals surface area contributed by atoms with E-state index in [4.69, 9.17) is 10.2 Å². The summed E-state index contributed by atoms with van der Waals surface area (Å²) in [5, 5.41) is 4.27. The lowest BCUT2D eigenvalue weighted by molar-refractivity contribution is -0.152. The molecule has 2 aliphatic heterocycles. The number of aromatic nitrogens is 5. The maximum Gasteiger partial charge on any atom is 0.401 e. The molecule has 176 valence electrons. The van der Waals surface area contributed by atoms with Crippen LogP contribution in [0.1, 0.15) is 12.8 Å². The Kier molecular flexibility index (Phi) is 5.31. The number of anilines is 2. The lowest BCUT2D eigenvalue weighted by Crippen LogP contribution is -2.55. The number of alkyl halides is 3. The highest BCUT2D eigenvalue weighted by Gasteiger charge is 2.38. The monoisotopic (exact) mass is 465 g/mol. The predicted octanol–water partition coefficient (Wildman–Crippen LogP) is 1.04. The topological polar surface area (TPSA) is 122 Å². The summed E-state index contributed by atoms with van der Waals surface area (Å²) in [4.78, 5) is 31.0. The van der Waals surface area contributed by atoms with Gasteiger partial charge >= 0.3 is 6.18 Å². The number of amides is 1. The van der Waals surface area contributed by atoms with Gasteiger partial charge in [0.05, 0.1) is 12.8 Å². The molecule has 2 aliphatic rings. The quantitative estimate of drug-likeness (QED) is 0.602. The van der Waals surface area contributed by atoms with Crippen LogP contribution in [0, 0.1) is 0 Å². The third-order valence-corrected chi connectivity index (χ3v) is 5.84. The van der Waals surface area contributed by atoms with E-state index in [1.165, 1.54) is 15.7 Å². The van der Waals surface area contributed by atoms with Crippen LogP contribution < -0.4 is 10.6 Å². The molecule has 0 spiro atoms. The number of hydrogen-bond acceptors (Lipinski definition) is 9. The van der Waals surface area contributed by atoms with Crippen LogP contribution in [-0.4, -0.2) is 91.8 Å². The van der Waals surface area contributed by atoms with Crippen LogP contribution in [0.4, 0.5) is 25.1 Å². The van der Waals surface area contributed by atoms with Gasteiger partial charge in [-0.3, -0.25) is 9.69 Å². The zero-order chi connectivity index (χ0) is 23.2. The van der Waals surface area contributed by atoms with Crippen LogP contribution in [-0.2, 0) is 4.79 Å². The largest absolute Gasteiger partial charge is 0.461 e. The molecular formula is C19H22F3N9O2. The van der Waals surface area contributed by atoms with E-state index in [1.807, 2.05) is 0 Å². The molecule has 1 unspecified atom stereocenters. The Hall–Kier alpha value is -3.42. The summed E-state index contributed by atoms with van der Waals surface area (Å²) in [5.74, 6) is 1.19. The van der Waals surface area contributed by atoms with Gasteiger partial charge in [-0.1, -0.05) is 0 Å². The number of halogens is 3. The normalized spacial score (nSPS) is 20.2. The maximum atomic E-state index is 13.2. The summed E-state index contributed by atoms with van der Waals surface area (Å²) in [6.07, 6.45) is -1.39. The first-order chi connectivity index (χ1) is 15.8. The average molecular weight is 465 g/mol. The molecule has 0 saturated carbocycles. The van der Waals surface area contributed by atoms with Gasteiger partial charge in [-0.05, 0) is 25.0 Å². The van der Waals surface area contributed by atoms with E-state index in [9.17, 15) is 18.0 Å². The summed E-state index contributed by atoms with van der Waals surface area (Å²) >= 11 is 0. The number of rotatable bonds is 4. The first-order valence-corrected chi connectivity index (χ1v) is 10.6. The molecule has 5 heterocycles. The van der Waals surface area contributed by atoms with Crippen molar-refractivity contribution < 1.29 is 22.4 Å². The Labute approximate surface area is 186 Å². The minimum atomic E-state index is -4.25. The molecule has 0 aromatic carbocycles. The van der Waals surface area contributed by atoms with Crippen LogP contribution in [0.15, 0.2) is 22.8 Å². The Morgan fingerprint density at radius 3 is 2.64 bits per heavy atom. The first kappa shape index (κ1) is 21.4. The highest BCUT2D eigenvalue weighted by Crippen LogP contribution is 2.26. The summed E-state index contributed by atoms with van der Waals surface area (Å²) in [7, 11) is 0. The highest BCUT2D eigenvalue weighted by atomic mass is 19.4. The number of carbonyl (C=O) groups excluding carboxylic acids is 1. The fourth-order valence-electron chi connectivity index (χ4n) is 4.29. The summed E-state index contributed by atoms with van der Waals surface area (Å²) in [6.45, 7) is 0.455. The molecule has 2 saturated heterocycles. The van der Waals surface area contributed by atoms with Gasteiger partial charge in [0.25, 0.3) is 5.78 Å². The zero-order valence-corrected chi connectivity index (χ0v) is 17.6. The fourth-order valence-corrected chi connectivity index (χ4v) is 4.29. The van der Waals surface area contributed by atoms with Crippen molar-refractivity contribution in [1.82, 2.24) is 34.4 Å². The van der Waals surface area contributed by atoms with Gasteiger partial charge in [0.1, 0.15) is 6.04 Å². The highest BCUT2D eigenvalue weighted by molar-refractivity contribution is 5.85. The number of nitrogens with two attached hydrogens (primary N) is 1. The lowest BCUT2D eigenvalue weighted by Gasteiger charge is -2.37. The molecule has 14 heteroatoms. The Balaban J connectivity index is 1.33. The van der Waals surface area contributed by atoms with Crippen molar-refractivity contribution in [2.45, 2.75) is 25.1 Å². The number of piperazine rings is 1. The Bertz CT molecular complexity index is 1140. The van der Waals surface area contributed by atoms with Gasteiger partial charge in [0.2, 0.25) is 23.6 Å². The van der Waals surface area contributed by atoms with Crippen molar-refractivity contribution in [1.29, 1.82) is 0 Å². The molecule has 11 nitrogen and oxygen atoms in total. The second-order valence-electron chi connectivity index (χ2n) is 8.07. The number of nitrogens with zero attached hydrogens (tertiary/aromatic N) is 8. The summed E-state index contributed by atoms with van der Waals surface area (Å²) in [6, 6.07) is 2.92. The molecule has 0 bridgehead atoms. The third kappa shape index (κ3) is 4.29. The SMILES string of the molecule is Nc1nc(N2CCCC2C(=O)N2CCN(CC(F)(F)F)CC2)nc2nc(-c3ccco3)nn12. The zero-order valence-electron chi connectivity index (χ0n) is 17.6. The van der Waals surface area contributed by atoms with E-state index in [-0.39, 0.29) is 49.8 Å². The molecule has 3 aromatic heterocycles. The van der Waals surface area contributed by atoms with Crippen molar-refractivity contribution in [3.05, 3.63) is 18.4 Å². The van der Waals surface area contributed by atoms with E-state index >= 15 is 0 Å². The summed E-state index contributed by atoms with van der Waals surface area (Å²) in [5.41, 5.74) is 6.08. The van der Waals surface area contributed by atoms with Crippen LogP contribution >= 0.6 is 0 Å². The molecular weight excluding hydrogens is 443 g/mol. The van der Waals surface area contributed by atoms with Crippen molar-refractivity contribution in [3.8, 4) is 11.6 Å². The molecule has 0 aliphatic carbocycles. The molecule has 2 fully saturated rings. The lowest BCUT2D eigenvalue weighted by atomic mass is 10.1. The van der Waals surface area contributed by atoms with Gasteiger partial charge in [0, 0.05) is 32.7 Å². The third-order valence-electron chi connectivity index (χ3n) is 5.84. The smallest absolute Gasteiger partial charge is 0.401 e. The summed E-state index contributed by atoms with van der Waals surface area (Å²) < 4.78 is 44.5. The van der Waals surface area contributed by atoms with Crippen LogP contribution in [0.25, 0.3) is 17.4 Å². The Morgan fingerprint density at radius 2 is 1.94 bits per heavy atom. The van der Waals surface area contributed by atoms with Crippen molar-refractivity contribution in [2.24, 2.45) is 0 Å². The number of furan rings is 1. The van der Waals surface area contributed by atoms with Crippen LogP contribution in [0.2, 0.25) is 0 Å². The second-order valence-corrected chi connectivity index (χ2v) is 8.07. The molecule has 33 heavy (non-hydrogen) atoms. The van der Waals surface area contributed by atoms with E-state index in [0.717, 1.165) is 6.42 Å². The van der Waals surface area contributed by atoms with E-state index in [1.54, 1.807) is 21.9 Å². The van der Waals surface area contributed by atoms with Gasteiger partial charge in [-0.2, -0.15) is 32.6 Å². The van der Waals surface area contributed by atoms with Crippen molar-refractivity contribution in [3.63, 3.8) is 0 Å². The molecule has 1 atom stereocenters. The Morgan fingerprint density at radius 1 is 1.15 bits per heavy atom. The number of carbonyl (C=O) groups is 1. The van der Waals surface area contributed by atoms with Crippen LogP contribution in [0.3, 0.4) is 0 Å². The minimum absolute atomic E-state index is 0.0687. The average Bonchev–Trinajstić information content (AvgIpc) is 3.52. The van der Waals surface area contributed by atoms with Crippen LogP contribution in [0.5, 0.6) is 0 Å². The molecule has 2 N–H and O–H groups in total. The fraction of sp³-hybridized carbons (Fsp3) is 0.526. The molecule has 3 aromatic rings. The van der Waals surface area contributed by atoms with Gasteiger partial charge in [-0.15, -0.1) is 5.10 Å². The number of hydrogen-bond donors (Lipinski definition) is 1. The predicted molar refractivity (Wildman–Crippen MR) is 110 cm³/mol. The second kappa shape index (κ2) is 8.17. The molecule has 1 amide bonds. The maximum absolute atomic E-state index is 13.2. The minimum Gasteiger partial charge on any atom is -0.461 e. The van der Waals surface area contributed by atoms with E-state index < -0.39 is 18.8 Å². The number of fused-ring (bicyclic) bond motifs is 1. The van der Waals surface area contributed by atoms with Gasteiger partial charge < -0.3 is 20.0 Å². The molecule has 5 rings (SSSR count). The van der Waals surface area contributed by atoms with E-state index in [0.29, 0.717) is 24.6 Å². The standard InChI is InChI=1S/C19H22F3N9O2/c20-19(21,22)11-28-6-8-29(9-7-28)15(32)12-3-1-5-30(12)17-25-16(23)31-18(26-17)24-14(27-31)13-4-2-10-33-13/h2,4,10,12H,1,3,5-9,11H2,(H2,23,24,25,26,27). The van der Waals surface area contributed by atoms with Gasteiger partial charge in [0.15, 0.2) is 5.76 Å².